The van der Waals surface area contributed by atoms with E-state index in [2.05, 4.69) is 31.1 Å². The average Bonchev–Trinajstić information content (AvgIpc) is 2.83. The highest BCUT2D eigenvalue weighted by Gasteiger charge is 2.22. The predicted octanol–water partition coefficient (Wildman–Crippen LogP) is 2.54. The molecule has 5 heteroatoms. The van der Waals surface area contributed by atoms with E-state index in [4.69, 9.17) is 0 Å². The molecule has 0 aliphatic heterocycles. The number of rotatable bonds is 1. The van der Waals surface area contributed by atoms with E-state index < -0.39 is 0 Å². The molecule has 0 N–H and O–H groups in total. The maximum absolute atomic E-state index is 4.25. The summed E-state index contributed by atoms with van der Waals surface area (Å²) in [5, 5.41) is 8.33. The molecule has 15 heavy (non-hydrogen) atoms. The Balaban J connectivity index is 2.13. The maximum atomic E-state index is 4.25. The lowest BCUT2D eigenvalue weighted by Gasteiger charge is -2.05. The molecule has 0 bridgehead atoms. The van der Waals surface area contributed by atoms with Crippen molar-refractivity contribution in [2.45, 2.75) is 31.6 Å². The van der Waals surface area contributed by atoms with Crippen LogP contribution in [0.2, 0.25) is 0 Å². The Morgan fingerprint density at radius 1 is 1.27 bits per heavy atom. The molecule has 0 atom stereocenters. The fraction of sp³-hybridized carbons (Fsp3) is 0.500. The fourth-order valence-electron chi connectivity index (χ4n) is 2.25. The number of halogens is 1. The van der Waals surface area contributed by atoms with Crippen LogP contribution in [0.25, 0.3) is 5.78 Å². The quantitative estimate of drug-likeness (QED) is 0.797. The summed E-state index contributed by atoms with van der Waals surface area (Å²) in [5.74, 6) is 2.33. The summed E-state index contributed by atoms with van der Waals surface area (Å²) in [4.78, 5) is 4.22. The van der Waals surface area contributed by atoms with Crippen LogP contribution in [-0.2, 0) is 0 Å². The van der Waals surface area contributed by atoms with Crippen LogP contribution in [0.15, 0.2) is 16.9 Å². The molecular formula is C10H11BrN4. The van der Waals surface area contributed by atoms with Gasteiger partial charge >= 0.3 is 0 Å². The summed E-state index contributed by atoms with van der Waals surface area (Å²) in [6.45, 7) is 0. The van der Waals surface area contributed by atoms with Crippen LogP contribution in [-0.4, -0.2) is 19.6 Å². The van der Waals surface area contributed by atoms with Crippen molar-refractivity contribution in [2.75, 3.05) is 0 Å². The van der Waals surface area contributed by atoms with Gasteiger partial charge in [-0.15, -0.1) is 10.2 Å². The number of fused-ring (bicyclic) bond motifs is 1. The van der Waals surface area contributed by atoms with Crippen LogP contribution in [0.4, 0.5) is 0 Å². The van der Waals surface area contributed by atoms with E-state index in [1.54, 1.807) is 6.20 Å². The first-order valence-corrected chi connectivity index (χ1v) is 6.00. The second kappa shape index (κ2) is 3.56. The predicted molar refractivity (Wildman–Crippen MR) is 59.7 cm³/mol. The first-order valence-electron chi connectivity index (χ1n) is 5.21. The third kappa shape index (κ3) is 1.55. The van der Waals surface area contributed by atoms with Gasteiger partial charge in [0.2, 0.25) is 0 Å². The van der Waals surface area contributed by atoms with Crippen molar-refractivity contribution in [3.8, 4) is 0 Å². The Bertz CT molecular complexity index is 487. The zero-order valence-corrected chi connectivity index (χ0v) is 9.81. The zero-order chi connectivity index (χ0) is 10.3. The van der Waals surface area contributed by atoms with Gasteiger partial charge in [-0.05, 0) is 28.8 Å². The van der Waals surface area contributed by atoms with Gasteiger partial charge in [-0.25, -0.2) is 4.98 Å². The van der Waals surface area contributed by atoms with Crippen LogP contribution < -0.4 is 0 Å². The monoisotopic (exact) mass is 266 g/mol. The molecule has 2 aromatic heterocycles. The minimum absolute atomic E-state index is 0.566. The van der Waals surface area contributed by atoms with Crippen molar-refractivity contribution < 1.29 is 0 Å². The Labute approximate surface area is 95.9 Å². The topological polar surface area (TPSA) is 43.1 Å². The Morgan fingerprint density at radius 3 is 2.87 bits per heavy atom. The van der Waals surface area contributed by atoms with Gasteiger partial charge in [-0.2, -0.15) is 0 Å². The van der Waals surface area contributed by atoms with Crippen molar-refractivity contribution in [2.24, 2.45) is 0 Å². The van der Waals surface area contributed by atoms with Gasteiger partial charge in [0.25, 0.3) is 5.78 Å². The minimum Gasteiger partial charge on any atom is -0.269 e. The third-order valence-electron chi connectivity index (χ3n) is 2.98. The highest BCUT2D eigenvalue weighted by Crippen LogP contribution is 2.33. The molecule has 2 aromatic rings. The zero-order valence-electron chi connectivity index (χ0n) is 8.23. The van der Waals surface area contributed by atoms with Crippen LogP contribution in [0.5, 0.6) is 0 Å². The van der Waals surface area contributed by atoms with Gasteiger partial charge in [0, 0.05) is 18.3 Å². The highest BCUT2D eigenvalue weighted by molar-refractivity contribution is 9.10. The van der Waals surface area contributed by atoms with Gasteiger partial charge in [0.15, 0.2) is 0 Å². The second-order valence-corrected chi connectivity index (χ2v) is 4.90. The average molecular weight is 267 g/mol. The van der Waals surface area contributed by atoms with E-state index in [1.165, 1.54) is 25.7 Å². The largest absolute Gasteiger partial charge is 0.269 e. The molecule has 0 spiro atoms. The van der Waals surface area contributed by atoms with E-state index in [0.29, 0.717) is 11.7 Å². The molecular weight excluding hydrogens is 256 g/mol. The van der Waals surface area contributed by atoms with E-state index >= 15 is 0 Å². The first-order chi connectivity index (χ1) is 7.34. The number of aromatic nitrogens is 4. The van der Waals surface area contributed by atoms with Crippen molar-refractivity contribution in [3.63, 3.8) is 0 Å². The molecule has 1 saturated carbocycles. The van der Waals surface area contributed by atoms with Crippen molar-refractivity contribution in [1.82, 2.24) is 19.6 Å². The first kappa shape index (κ1) is 9.27. The van der Waals surface area contributed by atoms with Crippen LogP contribution in [0.3, 0.4) is 0 Å². The summed E-state index contributed by atoms with van der Waals surface area (Å²) in [5.41, 5.74) is 0. The standard InChI is InChI=1S/C10H11BrN4/c11-8-5-12-10-14-13-9(15(10)6-8)7-3-1-2-4-7/h5-7H,1-4H2. The molecule has 1 aliphatic rings. The number of hydrogen-bond donors (Lipinski definition) is 0. The lowest BCUT2D eigenvalue weighted by Crippen LogP contribution is -2.00. The molecule has 0 aromatic carbocycles. The lowest BCUT2D eigenvalue weighted by atomic mass is 10.1. The summed E-state index contributed by atoms with van der Waals surface area (Å²) in [6.07, 6.45) is 8.82. The molecule has 0 unspecified atom stereocenters. The summed E-state index contributed by atoms with van der Waals surface area (Å²) >= 11 is 3.42. The van der Waals surface area contributed by atoms with E-state index in [-0.39, 0.29) is 0 Å². The van der Waals surface area contributed by atoms with Crippen molar-refractivity contribution in [3.05, 3.63) is 22.7 Å². The molecule has 78 valence electrons. The fourth-order valence-corrected chi connectivity index (χ4v) is 2.55. The molecule has 2 heterocycles. The van der Waals surface area contributed by atoms with Gasteiger partial charge in [-0.3, -0.25) is 4.40 Å². The number of hydrogen-bond acceptors (Lipinski definition) is 3. The lowest BCUT2D eigenvalue weighted by molar-refractivity contribution is 0.658. The maximum Gasteiger partial charge on any atom is 0.255 e. The molecule has 1 aliphatic carbocycles. The van der Waals surface area contributed by atoms with E-state index in [0.717, 1.165) is 10.3 Å². The summed E-state index contributed by atoms with van der Waals surface area (Å²) in [6, 6.07) is 0. The normalized spacial score (nSPS) is 17.7. The Kier molecular flexibility index (Phi) is 2.20. The van der Waals surface area contributed by atoms with Crippen molar-refractivity contribution in [1.29, 1.82) is 0 Å². The van der Waals surface area contributed by atoms with Crippen LogP contribution >= 0.6 is 15.9 Å². The number of nitrogens with zero attached hydrogens (tertiary/aromatic N) is 4. The van der Waals surface area contributed by atoms with E-state index in [1.807, 2.05) is 10.6 Å². The molecule has 0 radical (unpaired) electrons. The van der Waals surface area contributed by atoms with Crippen LogP contribution in [0.1, 0.15) is 37.4 Å². The Hall–Kier alpha value is -0.970. The minimum atomic E-state index is 0.566. The molecule has 3 rings (SSSR count). The smallest absolute Gasteiger partial charge is 0.255 e. The highest BCUT2D eigenvalue weighted by atomic mass is 79.9. The van der Waals surface area contributed by atoms with Gasteiger partial charge < -0.3 is 0 Å². The van der Waals surface area contributed by atoms with Gasteiger partial charge in [0.1, 0.15) is 5.82 Å². The van der Waals surface area contributed by atoms with Gasteiger partial charge in [-0.1, -0.05) is 12.8 Å². The van der Waals surface area contributed by atoms with E-state index in [9.17, 15) is 0 Å². The molecule has 0 saturated heterocycles. The SMILES string of the molecule is Brc1cnc2nnc(C3CCCC3)n2c1. The molecule has 1 fully saturated rings. The second-order valence-electron chi connectivity index (χ2n) is 3.98. The van der Waals surface area contributed by atoms with Crippen LogP contribution in [0, 0.1) is 0 Å². The summed E-state index contributed by atoms with van der Waals surface area (Å²) in [7, 11) is 0. The summed E-state index contributed by atoms with van der Waals surface area (Å²) < 4.78 is 2.97. The van der Waals surface area contributed by atoms with Crippen molar-refractivity contribution >= 4 is 21.7 Å². The molecule has 4 nitrogen and oxygen atoms in total. The molecule has 0 amide bonds. The van der Waals surface area contributed by atoms with Gasteiger partial charge in [0.05, 0.1) is 4.47 Å². The Morgan fingerprint density at radius 2 is 2.07 bits per heavy atom. The third-order valence-corrected chi connectivity index (χ3v) is 3.39.